The summed E-state index contributed by atoms with van der Waals surface area (Å²) in [6.07, 6.45) is 8.49. The maximum absolute atomic E-state index is 3.21. The van der Waals surface area contributed by atoms with Crippen molar-refractivity contribution in [2.75, 3.05) is 27.2 Å². The quantitative estimate of drug-likeness (QED) is 0.146. The third-order valence-corrected chi connectivity index (χ3v) is 7.23. The Hall–Kier alpha value is -3.84. The first-order chi connectivity index (χ1) is 21.3. The van der Waals surface area contributed by atoms with E-state index in [9.17, 15) is 0 Å². The molecule has 0 aromatic heterocycles. The number of hydrogen-bond acceptors (Lipinski definition) is 2. The van der Waals surface area contributed by atoms with Crippen molar-refractivity contribution in [1.29, 1.82) is 0 Å². The molecule has 5 rings (SSSR count). The maximum atomic E-state index is 3.21. The molecule has 46 heavy (non-hydrogen) atoms. The van der Waals surface area contributed by atoms with E-state index in [4.69, 9.17) is 0 Å². The molecule has 0 saturated carbocycles. The van der Waals surface area contributed by atoms with Crippen LogP contribution >= 0.6 is 24.8 Å². The molecule has 0 aliphatic heterocycles. The van der Waals surface area contributed by atoms with Gasteiger partial charge in [-0.3, -0.25) is 9.80 Å². The van der Waals surface area contributed by atoms with Crippen molar-refractivity contribution in [3.8, 4) is 11.8 Å². The van der Waals surface area contributed by atoms with E-state index >= 15 is 0 Å². The molecule has 0 amide bonds. The van der Waals surface area contributed by atoms with Gasteiger partial charge in [0.1, 0.15) is 0 Å². The molecule has 0 radical (unpaired) electrons. The molecule has 0 saturated heterocycles. The van der Waals surface area contributed by atoms with Gasteiger partial charge in [-0.2, -0.15) is 0 Å². The van der Waals surface area contributed by atoms with E-state index < -0.39 is 0 Å². The van der Waals surface area contributed by atoms with Gasteiger partial charge in [-0.1, -0.05) is 145 Å². The van der Waals surface area contributed by atoms with Gasteiger partial charge in [-0.25, -0.2) is 0 Å². The minimum Gasteiger partial charge on any atom is -0.298 e. The van der Waals surface area contributed by atoms with Crippen LogP contribution in [-0.2, 0) is 13.1 Å². The highest BCUT2D eigenvalue weighted by molar-refractivity contribution is 5.86. The number of rotatable bonds is 9. The summed E-state index contributed by atoms with van der Waals surface area (Å²) >= 11 is 0. The fraction of sp³-hybridized carbons (Fsp3) is 0.238. The summed E-state index contributed by atoms with van der Waals surface area (Å²) in [6, 6.07) is 40.6. The highest BCUT2D eigenvalue weighted by Gasteiger charge is 2.05. The fourth-order valence-corrected chi connectivity index (χ4v) is 5.05. The Morgan fingerprint density at radius 1 is 0.565 bits per heavy atom. The second-order valence-corrected chi connectivity index (χ2v) is 12.4. The average molecular weight is 652 g/mol. The van der Waals surface area contributed by atoms with Crippen LogP contribution in [0.25, 0.3) is 27.6 Å². The SMILES string of the molecule is CN(C/C=C/C#CC(C)(C)C)Cc1cccc2ccccc12.CN(C/C=C/c1ccccc1)Cc1cccc2ccccc12.Cl.Cl. The highest BCUT2D eigenvalue weighted by atomic mass is 35.5. The van der Waals surface area contributed by atoms with Gasteiger partial charge in [0.15, 0.2) is 0 Å². The van der Waals surface area contributed by atoms with Crippen molar-refractivity contribution in [3.05, 3.63) is 150 Å². The van der Waals surface area contributed by atoms with E-state index in [-0.39, 0.29) is 30.2 Å². The zero-order valence-corrected chi connectivity index (χ0v) is 29.5. The first kappa shape index (κ1) is 38.3. The molecule has 0 unspecified atom stereocenters. The van der Waals surface area contributed by atoms with Gasteiger partial charge in [0, 0.05) is 31.6 Å². The van der Waals surface area contributed by atoms with Crippen molar-refractivity contribution >= 4 is 52.4 Å². The third kappa shape index (κ3) is 12.9. The van der Waals surface area contributed by atoms with Gasteiger partial charge < -0.3 is 0 Å². The third-order valence-electron chi connectivity index (χ3n) is 7.23. The molecule has 4 heteroatoms. The van der Waals surface area contributed by atoms with Gasteiger partial charge in [-0.15, -0.1) is 24.8 Å². The first-order valence-electron chi connectivity index (χ1n) is 15.5. The van der Waals surface area contributed by atoms with Crippen LogP contribution in [0.3, 0.4) is 0 Å². The number of benzene rings is 5. The smallest absolute Gasteiger partial charge is 0.0240 e. The molecule has 0 spiro atoms. The Labute approximate surface area is 289 Å². The minimum absolute atomic E-state index is 0. The Balaban J connectivity index is 0.000000307. The predicted molar refractivity (Wildman–Crippen MR) is 207 cm³/mol. The lowest BCUT2D eigenvalue weighted by molar-refractivity contribution is 0.365. The van der Waals surface area contributed by atoms with E-state index in [1.165, 1.54) is 38.2 Å². The van der Waals surface area contributed by atoms with Crippen molar-refractivity contribution in [1.82, 2.24) is 9.80 Å². The molecule has 0 heterocycles. The van der Waals surface area contributed by atoms with Crippen molar-refractivity contribution in [2.45, 2.75) is 33.9 Å². The number of allylic oxidation sites excluding steroid dienone is 1. The molecule has 0 bridgehead atoms. The Kier molecular flexibility index (Phi) is 16.4. The molecule has 2 nitrogen and oxygen atoms in total. The monoisotopic (exact) mass is 650 g/mol. The Bertz CT molecular complexity index is 1730. The zero-order chi connectivity index (χ0) is 31.2. The summed E-state index contributed by atoms with van der Waals surface area (Å²) in [5.41, 5.74) is 4.07. The van der Waals surface area contributed by atoms with Crippen LogP contribution in [0.4, 0.5) is 0 Å². The van der Waals surface area contributed by atoms with Crippen LogP contribution in [0.5, 0.6) is 0 Å². The van der Waals surface area contributed by atoms with E-state index in [1.54, 1.807) is 0 Å². The van der Waals surface area contributed by atoms with Crippen LogP contribution in [0.15, 0.2) is 133 Å². The van der Waals surface area contributed by atoms with E-state index in [1.807, 2.05) is 12.1 Å². The van der Waals surface area contributed by atoms with Crippen LogP contribution < -0.4 is 0 Å². The normalized spacial score (nSPS) is 11.2. The molecule has 0 N–H and O–H groups in total. The summed E-state index contributed by atoms with van der Waals surface area (Å²) in [7, 11) is 4.31. The number of halogens is 2. The second kappa shape index (κ2) is 19.6. The van der Waals surface area contributed by atoms with Crippen LogP contribution in [0.1, 0.15) is 37.5 Å². The lowest BCUT2D eigenvalue weighted by Crippen LogP contribution is -2.17. The Morgan fingerprint density at radius 3 is 1.54 bits per heavy atom. The number of fused-ring (bicyclic) bond motifs is 2. The summed E-state index contributed by atoms with van der Waals surface area (Å²) in [6.45, 7) is 10.1. The molecule has 5 aromatic carbocycles. The number of hydrogen-bond donors (Lipinski definition) is 0. The summed E-state index contributed by atoms with van der Waals surface area (Å²) in [5, 5.41) is 5.31. The van der Waals surface area contributed by atoms with Gasteiger partial charge in [0.2, 0.25) is 0 Å². The molecule has 0 fully saturated rings. The number of nitrogens with zero attached hydrogens (tertiary/aromatic N) is 2. The van der Waals surface area contributed by atoms with Crippen LogP contribution in [0.2, 0.25) is 0 Å². The maximum Gasteiger partial charge on any atom is 0.0240 e. The van der Waals surface area contributed by atoms with Gasteiger partial charge in [0.25, 0.3) is 0 Å². The van der Waals surface area contributed by atoms with Crippen LogP contribution in [0, 0.1) is 17.3 Å². The summed E-state index contributed by atoms with van der Waals surface area (Å²) < 4.78 is 0. The summed E-state index contributed by atoms with van der Waals surface area (Å²) in [4.78, 5) is 4.64. The fourth-order valence-electron chi connectivity index (χ4n) is 5.05. The van der Waals surface area contributed by atoms with Crippen molar-refractivity contribution in [3.63, 3.8) is 0 Å². The standard InChI is InChI=1S/C21H21N.C21H25N.2ClH/c1-22(16-8-11-18-9-3-2-4-10-18)17-20-14-7-13-19-12-5-6-15-21(19)20;1-21(2,3)15-8-5-9-16-22(4)17-19-13-10-12-18-11-6-7-14-20(18)19;;/h2-15H,16-17H2,1H3;5-7,9-14H,16-17H2,1-4H3;2*1H/b11-8+;9-5+;;. The average Bonchev–Trinajstić information content (AvgIpc) is 3.02. The lowest BCUT2D eigenvalue weighted by Gasteiger charge is -2.16. The highest BCUT2D eigenvalue weighted by Crippen LogP contribution is 2.21. The van der Waals surface area contributed by atoms with Crippen molar-refractivity contribution in [2.24, 2.45) is 5.41 Å². The van der Waals surface area contributed by atoms with E-state index in [0.717, 1.165) is 26.2 Å². The van der Waals surface area contributed by atoms with Crippen LogP contribution in [-0.4, -0.2) is 37.0 Å². The topological polar surface area (TPSA) is 6.48 Å². The minimum atomic E-state index is 0. The van der Waals surface area contributed by atoms with Gasteiger partial charge in [-0.05, 0) is 79.2 Å². The van der Waals surface area contributed by atoms with E-state index in [0.29, 0.717) is 0 Å². The lowest BCUT2D eigenvalue weighted by atomic mass is 9.98. The molecule has 0 aliphatic rings. The summed E-state index contributed by atoms with van der Waals surface area (Å²) in [5.74, 6) is 6.33. The zero-order valence-electron chi connectivity index (χ0n) is 27.8. The Morgan fingerprint density at radius 2 is 1.02 bits per heavy atom. The van der Waals surface area contributed by atoms with Gasteiger partial charge in [0.05, 0.1) is 0 Å². The predicted octanol–water partition coefficient (Wildman–Crippen LogP) is 10.7. The van der Waals surface area contributed by atoms with Gasteiger partial charge >= 0.3 is 0 Å². The largest absolute Gasteiger partial charge is 0.298 e. The number of likely N-dealkylation sites (N-methyl/N-ethyl adjacent to an activating group) is 2. The van der Waals surface area contributed by atoms with Crippen molar-refractivity contribution < 1.29 is 0 Å². The second-order valence-electron chi connectivity index (χ2n) is 12.4. The molecular weight excluding hydrogens is 603 g/mol. The first-order valence-corrected chi connectivity index (χ1v) is 15.5. The molecular formula is C42H48Cl2N2. The molecule has 0 atom stereocenters. The molecule has 5 aromatic rings. The molecule has 0 aliphatic carbocycles. The van der Waals surface area contributed by atoms with E-state index in [2.05, 4.69) is 184 Å². The molecule has 240 valence electrons.